The van der Waals surface area contributed by atoms with Gasteiger partial charge in [-0.1, -0.05) is 64.6 Å². The first-order chi connectivity index (χ1) is 9.53. The number of fused-ring (bicyclic) bond motifs is 2. The molecule has 21 heavy (non-hydrogen) atoms. The highest BCUT2D eigenvalue weighted by Gasteiger charge is 2.20. The van der Waals surface area contributed by atoms with Gasteiger partial charge in [-0.05, 0) is 63.6 Å². The van der Waals surface area contributed by atoms with Crippen molar-refractivity contribution in [2.24, 2.45) is 0 Å². The average molecular weight is 278 g/mol. The normalized spacial score (nSPS) is 11.6. The summed E-state index contributed by atoms with van der Waals surface area (Å²) in [4.78, 5) is 0. The van der Waals surface area contributed by atoms with Crippen molar-refractivity contribution in [2.45, 2.75) is 47.0 Å². The van der Waals surface area contributed by atoms with Crippen molar-refractivity contribution in [2.75, 3.05) is 0 Å². The molecule has 3 rings (SSSR count). The van der Waals surface area contributed by atoms with Gasteiger partial charge in [0.15, 0.2) is 0 Å². The molecule has 0 heteroatoms. The van der Waals surface area contributed by atoms with Gasteiger partial charge in [-0.15, -0.1) is 0 Å². The number of benzene rings is 3. The molecule has 0 aliphatic carbocycles. The van der Waals surface area contributed by atoms with Crippen LogP contribution >= 0.6 is 0 Å². The Morgan fingerprint density at radius 2 is 1.43 bits per heavy atom. The van der Waals surface area contributed by atoms with Crippen LogP contribution in [-0.2, 0) is 5.41 Å². The first kappa shape index (κ1) is 15.6. The lowest BCUT2D eigenvalue weighted by Gasteiger charge is -2.25. The number of hydrogen-bond acceptors (Lipinski definition) is 0. The van der Waals surface area contributed by atoms with Crippen LogP contribution in [0.25, 0.3) is 21.5 Å². The molecule has 3 aromatic rings. The Balaban J connectivity index is 0.00000161. The van der Waals surface area contributed by atoms with Crippen LogP contribution in [0.5, 0.6) is 0 Å². The van der Waals surface area contributed by atoms with E-state index in [0.29, 0.717) is 0 Å². The summed E-state index contributed by atoms with van der Waals surface area (Å²) >= 11 is 0. The summed E-state index contributed by atoms with van der Waals surface area (Å²) in [7, 11) is 0. The van der Waals surface area contributed by atoms with Gasteiger partial charge in [0.05, 0.1) is 0 Å². The second-order valence-corrected chi connectivity index (χ2v) is 6.41. The molecule has 0 heterocycles. The maximum Gasteiger partial charge on any atom is -0.0100 e. The first-order valence-corrected chi connectivity index (χ1v) is 7.45. The molecule has 0 radical (unpaired) electrons. The van der Waals surface area contributed by atoms with Gasteiger partial charge in [0, 0.05) is 0 Å². The highest BCUT2D eigenvalue weighted by Crippen LogP contribution is 2.35. The second-order valence-electron chi connectivity index (χ2n) is 6.41. The largest absolute Gasteiger partial charge is 0.0776 e. The van der Waals surface area contributed by atoms with Gasteiger partial charge >= 0.3 is 0 Å². The number of rotatable bonds is 2. The Hall–Kier alpha value is -1.82. The molecule has 0 aliphatic rings. The van der Waals surface area contributed by atoms with Crippen molar-refractivity contribution in [3.63, 3.8) is 0 Å². The van der Waals surface area contributed by atoms with Crippen LogP contribution in [0.4, 0.5) is 0 Å². The molecule has 0 saturated carbocycles. The van der Waals surface area contributed by atoms with Crippen LogP contribution in [0.15, 0.2) is 48.5 Å². The molecule has 0 N–H and O–H groups in total. The Morgan fingerprint density at radius 3 is 2.10 bits per heavy atom. The van der Waals surface area contributed by atoms with Crippen molar-refractivity contribution in [1.82, 2.24) is 0 Å². The molecule has 0 aliphatic heterocycles. The lowest BCUT2D eigenvalue weighted by molar-refractivity contribution is 0.511. The maximum absolute atomic E-state index is 2.37. The third-order valence-corrected chi connectivity index (χ3v) is 4.71. The molecule has 110 valence electrons. The average Bonchev–Trinajstić information content (AvgIpc) is 2.45. The molecule has 0 bridgehead atoms. The van der Waals surface area contributed by atoms with Crippen LogP contribution in [-0.4, -0.2) is 0 Å². The van der Waals surface area contributed by atoms with Gasteiger partial charge in [-0.3, -0.25) is 0 Å². The molecule has 3 aromatic carbocycles. The van der Waals surface area contributed by atoms with E-state index >= 15 is 0 Å². The van der Waals surface area contributed by atoms with E-state index < -0.39 is 0 Å². The van der Waals surface area contributed by atoms with E-state index in [0.717, 1.165) is 6.42 Å². The van der Waals surface area contributed by atoms with Crippen LogP contribution in [0.3, 0.4) is 0 Å². The van der Waals surface area contributed by atoms with Crippen molar-refractivity contribution in [3.05, 3.63) is 59.7 Å². The van der Waals surface area contributed by atoms with Gasteiger partial charge in [0.25, 0.3) is 0 Å². The molecule has 0 nitrogen and oxygen atoms in total. The summed E-state index contributed by atoms with van der Waals surface area (Å²) in [6.45, 7) is 9.13. The lowest BCUT2D eigenvalue weighted by atomic mass is 9.79. The van der Waals surface area contributed by atoms with E-state index in [1.54, 1.807) is 0 Å². The molecule has 0 aromatic heterocycles. The van der Waals surface area contributed by atoms with Gasteiger partial charge in [-0.2, -0.15) is 0 Å². The molecular formula is C21H26. The van der Waals surface area contributed by atoms with Gasteiger partial charge in [0.2, 0.25) is 0 Å². The summed E-state index contributed by atoms with van der Waals surface area (Å²) in [5, 5.41) is 5.46. The topological polar surface area (TPSA) is 0 Å². The van der Waals surface area contributed by atoms with Crippen LogP contribution in [0, 0.1) is 6.92 Å². The monoisotopic (exact) mass is 278 g/mol. The smallest absolute Gasteiger partial charge is 0.0100 e. The van der Waals surface area contributed by atoms with Crippen LogP contribution in [0.2, 0.25) is 0 Å². The Labute approximate surface area is 128 Å². The molecule has 0 amide bonds. The highest BCUT2D eigenvalue weighted by molar-refractivity contribution is 6.01. The third-order valence-electron chi connectivity index (χ3n) is 4.71. The third kappa shape index (κ3) is 2.55. The fraction of sp³-hybridized carbons (Fsp3) is 0.333. The van der Waals surface area contributed by atoms with Crippen molar-refractivity contribution in [1.29, 1.82) is 0 Å². The Morgan fingerprint density at radius 1 is 0.857 bits per heavy atom. The summed E-state index contributed by atoms with van der Waals surface area (Å²) in [6, 6.07) is 18.0. The zero-order valence-corrected chi connectivity index (χ0v) is 12.8. The minimum Gasteiger partial charge on any atom is -0.0776 e. The van der Waals surface area contributed by atoms with Gasteiger partial charge < -0.3 is 0 Å². The minimum absolute atomic E-state index is 0. The zero-order chi connectivity index (χ0) is 14.3. The van der Waals surface area contributed by atoms with E-state index in [1.165, 1.54) is 32.7 Å². The van der Waals surface area contributed by atoms with Gasteiger partial charge in [-0.25, -0.2) is 0 Å². The van der Waals surface area contributed by atoms with Crippen LogP contribution in [0.1, 0.15) is 45.7 Å². The van der Waals surface area contributed by atoms with E-state index in [-0.39, 0.29) is 12.8 Å². The van der Waals surface area contributed by atoms with Crippen molar-refractivity contribution < 1.29 is 0 Å². The standard InChI is InChI=1S/C20H22.CH4/c1-5-20(3,4)19-11-7-10-16-12-17-14(2)8-6-9-15(17)13-18(16)19;/h6-13H,5H2,1-4H3;1H4. The fourth-order valence-electron chi connectivity index (χ4n) is 2.99. The Bertz CT molecular complexity index is 778. The molecule has 0 fully saturated rings. The highest BCUT2D eigenvalue weighted by atomic mass is 14.2. The van der Waals surface area contributed by atoms with Crippen molar-refractivity contribution in [3.8, 4) is 0 Å². The van der Waals surface area contributed by atoms with E-state index in [2.05, 4.69) is 76.2 Å². The molecule has 0 atom stereocenters. The van der Waals surface area contributed by atoms with Crippen molar-refractivity contribution >= 4 is 21.5 Å². The molecular weight excluding hydrogens is 252 g/mol. The zero-order valence-electron chi connectivity index (χ0n) is 12.8. The minimum atomic E-state index is 0. The number of hydrogen-bond donors (Lipinski definition) is 0. The summed E-state index contributed by atoms with van der Waals surface area (Å²) in [5.41, 5.74) is 3.03. The maximum atomic E-state index is 2.37. The first-order valence-electron chi connectivity index (χ1n) is 7.45. The fourth-order valence-corrected chi connectivity index (χ4v) is 2.99. The summed E-state index contributed by atoms with van der Waals surface area (Å²) in [5.74, 6) is 0. The summed E-state index contributed by atoms with van der Waals surface area (Å²) in [6.07, 6.45) is 1.15. The lowest BCUT2D eigenvalue weighted by Crippen LogP contribution is -2.15. The Kier molecular flexibility index (Phi) is 4.09. The molecule has 0 unspecified atom stereocenters. The molecule has 0 spiro atoms. The SMILES string of the molecule is C.CCC(C)(C)c1cccc2cc3c(C)cccc3cc12. The molecule has 0 saturated heterocycles. The second kappa shape index (κ2) is 5.52. The van der Waals surface area contributed by atoms with Gasteiger partial charge in [0.1, 0.15) is 0 Å². The summed E-state index contributed by atoms with van der Waals surface area (Å²) < 4.78 is 0. The predicted molar refractivity (Wildman–Crippen MR) is 96.2 cm³/mol. The number of aryl methyl sites for hydroxylation is 1. The predicted octanol–water partition coefficient (Wildman–Crippen LogP) is 6.63. The van der Waals surface area contributed by atoms with E-state index in [4.69, 9.17) is 0 Å². The van der Waals surface area contributed by atoms with E-state index in [1.807, 2.05) is 0 Å². The van der Waals surface area contributed by atoms with Crippen LogP contribution < -0.4 is 0 Å². The van der Waals surface area contributed by atoms with E-state index in [9.17, 15) is 0 Å². The quantitative estimate of drug-likeness (QED) is 0.462.